The molecular weight excluding hydrogens is 570 g/mol. The summed E-state index contributed by atoms with van der Waals surface area (Å²) in [6.45, 7) is 13.1. The molecule has 252 valence electrons. The standard InChI is InChI=1S/C36H57N3O6/c1-25(2)29(20-27-12-13-34(43-6)35(21-27)45-17-9-16-42-5)22-31(37)33(40)23-30(26(3)4)36(41)38-24-28-10-7-8-11-32(28)39-14-18-44-19-15-39/h7-8,10-13,21,25-26,29-31,33,40H,9,14-20,22-24,37H2,1-6H3,(H,38,41)/t29-,30-,31-,33-/m0/s1. The molecule has 0 bridgehead atoms. The van der Waals surface area contributed by atoms with Gasteiger partial charge in [0.25, 0.3) is 0 Å². The summed E-state index contributed by atoms with van der Waals surface area (Å²) in [7, 11) is 3.32. The molecule has 4 atom stereocenters. The first-order valence-electron chi connectivity index (χ1n) is 16.5. The molecule has 45 heavy (non-hydrogen) atoms. The van der Waals surface area contributed by atoms with Gasteiger partial charge in [0.1, 0.15) is 0 Å². The van der Waals surface area contributed by atoms with Crippen molar-refractivity contribution in [2.24, 2.45) is 29.4 Å². The Balaban J connectivity index is 1.60. The van der Waals surface area contributed by atoms with Gasteiger partial charge in [-0.25, -0.2) is 0 Å². The molecule has 1 aliphatic heterocycles. The zero-order valence-corrected chi connectivity index (χ0v) is 28.3. The number of anilines is 1. The van der Waals surface area contributed by atoms with Crippen molar-refractivity contribution in [1.29, 1.82) is 0 Å². The van der Waals surface area contributed by atoms with Crippen LogP contribution in [-0.4, -0.2) is 76.9 Å². The van der Waals surface area contributed by atoms with Crippen LogP contribution >= 0.6 is 0 Å². The maximum absolute atomic E-state index is 13.4. The van der Waals surface area contributed by atoms with Crippen LogP contribution in [0.4, 0.5) is 5.69 Å². The first-order chi connectivity index (χ1) is 21.6. The van der Waals surface area contributed by atoms with Crippen molar-refractivity contribution in [3.05, 3.63) is 53.6 Å². The molecule has 0 aromatic heterocycles. The maximum Gasteiger partial charge on any atom is 0.223 e. The van der Waals surface area contributed by atoms with Crippen molar-refractivity contribution < 1.29 is 28.8 Å². The molecule has 1 fully saturated rings. The van der Waals surface area contributed by atoms with Crippen LogP contribution in [0.3, 0.4) is 0 Å². The van der Waals surface area contributed by atoms with Crippen molar-refractivity contribution in [2.45, 2.75) is 72.1 Å². The molecule has 3 rings (SSSR count). The minimum atomic E-state index is -0.791. The number of carbonyl (C=O) groups excluding carboxylic acids is 1. The quantitative estimate of drug-likeness (QED) is 0.190. The number of benzene rings is 2. The third-order valence-corrected chi connectivity index (χ3v) is 8.92. The molecule has 4 N–H and O–H groups in total. The van der Waals surface area contributed by atoms with Crippen molar-refractivity contribution in [1.82, 2.24) is 5.32 Å². The minimum Gasteiger partial charge on any atom is -0.493 e. The first kappa shape index (κ1) is 36.6. The number of nitrogens with two attached hydrogens (primary N) is 1. The van der Waals surface area contributed by atoms with E-state index in [0.29, 0.717) is 57.5 Å². The first-order valence-corrected chi connectivity index (χ1v) is 16.5. The summed E-state index contributed by atoms with van der Waals surface area (Å²) in [5.74, 6) is 1.68. The summed E-state index contributed by atoms with van der Waals surface area (Å²) < 4.78 is 22.1. The fraction of sp³-hybridized carbons (Fsp3) is 0.639. The lowest BCUT2D eigenvalue weighted by Crippen LogP contribution is -2.42. The highest BCUT2D eigenvalue weighted by atomic mass is 16.5. The van der Waals surface area contributed by atoms with Gasteiger partial charge in [-0.05, 0) is 66.3 Å². The highest BCUT2D eigenvalue weighted by Gasteiger charge is 2.30. The number of hydrogen-bond acceptors (Lipinski definition) is 8. The van der Waals surface area contributed by atoms with Gasteiger partial charge in [-0.2, -0.15) is 0 Å². The van der Waals surface area contributed by atoms with E-state index in [2.05, 4.69) is 42.3 Å². The molecule has 1 saturated heterocycles. The average Bonchev–Trinajstić information content (AvgIpc) is 3.04. The molecule has 0 saturated carbocycles. The normalized spacial score (nSPS) is 16.4. The van der Waals surface area contributed by atoms with Gasteiger partial charge in [-0.15, -0.1) is 0 Å². The second-order valence-corrected chi connectivity index (χ2v) is 12.9. The molecule has 1 aliphatic rings. The van der Waals surface area contributed by atoms with E-state index in [1.807, 2.05) is 38.1 Å². The molecule has 1 heterocycles. The van der Waals surface area contributed by atoms with E-state index in [4.69, 9.17) is 24.7 Å². The highest BCUT2D eigenvalue weighted by Crippen LogP contribution is 2.32. The van der Waals surface area contributed by atoms with Crippen molar-refractivity contribution >= 4 is 11.6 Å². The molecule has 0 spiro atoms. The predicted molar refractivity (Wildman–Crippen MR) is 180 cm³/mol. The third kappa shape index (κ3) is 11.5. The smallest absolute Gasteiger partial charge is 0.223 e. The van der Waals surface area contributed by atoms with E-state index >= 15 is 0 Å². The Bertz CT molecular complexity index is 1150. The molecule has 2 aromatic carbocycles. The molecule has 0 radical (unpaired) electrons. The van der Waals surface area contributed by atoms with Crippen LogP contribution in [-0.2, 0) is 27.2 Å². The molecule has 1 amide bonds. The minimum absolute atomic E-state index is 0.0512. The van der Waals surface area contributed by atoms with Gasteiger partial charge >= 0.3 is 0 Å². The maximum atomic E-state index is 13.4. The fourth-order valence-corrected chi connectivity index (χ4v) is 5.95. The summed E-state index contributed by atoms with van der Waals surface area (Å²) in [6.07, 6.45) is 1.77. The average molecular weight is 628 g/mol. The predicted octanol–water partition coefficient (Wildman–Crippen LogP) is 4.82. The number of carbonyl (C=O) groups is 1. The Morgan fingerprint density at radius 2 is 1.73 bits per heavy atom. The molecule has 2 aromatic rings. The number of aliphatic hydroxyl groups is 1. The molecular formula is C36H57N3O6. The number of aliphatic hydroxyl groups excluding tert-OH is 1. The number of nitrogens with zero attached hydrogens (tertiary/aromatic N) is 1. The molecule has 9 nitrogen and oxygen atoms in total. The largest absolute Gasteiger partial charge is 0.493 e. The fourth-order valence-electron chi connectivity index (χ4n) is 5.95. The number of para-hydroxylation sites is 1. The summed E-state index contributed by atoms with van der Waals surface area (Å²) >= 11 is 0. The Hall–Kier alpha value is -2.85. The number of ether oxygens (including phenoxy) is 4. The van der Waals surface area contributed by atoms with E-state index in [0.717, 1.165) is 48.5 Å². The lowest BCUT2D eigenvalue weighted by molar-refractivity contribution is -0.127. The van der Waals surface area contributed by atoms with Crippen LogP contribution in [0.15, 0.2) is 42.5 Å². The molecule has 0 aliphatic carbocycles. The van der Waals surface area contributed by atoms with Gasteiger partial charge in [-0.1, -0.05) is 52.0 Å². The lowest BCUT2D eigenvalue weighted by atomic mass is 9.81. The molecule has 9 heteroatoms. The number of amides is 1. The van der Waals surface area contributed by atoms with Crippen molar-refractivity contribution in [3.8, 4) is 11.5 Å². The van der Waals surface area contributed by atoms with Gasteiger partial charge in [0, 0.05) is 57.4 Å². The van der Waals surface area contributed by atoms with Gasteiger partial charge in [-0.3, -0.25) is 4.79 Å². The van der Waals surface area contributed by atoms with E-state index in [1.54, 1.807) is 14.2 Å². The Kier molecular flexibility index (Phi) is 15.4. The number of hydrogen-bond donors (Lipinski definition) is 3. The number of methoxy groups -OCH3 is 2. The number of morpholine rings is 1. The van der Waals surface area contributed by atoms with E-state index in [1.165, 1.54) is 0 Å². The summed E-state index contributed by atoms with van der Waals surface area (Å²) in [5, 5.41) is 14.4. The van der Waals surface area contributed by atoms with Crippen LogP contribution in [0.2, 0.25) is 0 Å². The van der Waals surface area contributed by atoms with Gasteiger partial charge in [0.15, 0.2) is 11.5 Å². The Labute approximate surface area is 270 Å². The van der Waals surface area contributed by atoms with Crippen molar-refractivity contribution in [2.75, 3.05) is 58.6 Å². The van der Waals surface area contributed by atoms with Crippen LogP contribution in [0.25, 0.3) is 0 Å². The van der Waals surface area contributed by atoms with Gasteiger partial charge in [0.05, 0.1) is 33.0 Å². The highest BCUT2D eigenvalue weighted by molar-refractivity contribution is 5.79. The Morgan fingerprint density at radius 3 is 2.40 bits per heavy atom. The van der Waals surface area contributed by atoms with Crippen molar-refractivity contribution in [3.63, 3.8) is 0 Å². The summed E-state index contributed by atoms with van der Waals surface area (Å²) in [4.78, 5) is 15.8. The van der Waals surface area contributed by atoms with Crippen LogP contribution in [0, 0.1) is 23.7 Å². The molecule has 0 unspecified atom stereocenters. The summed E-state index contributed by atoms with van der Waals surface area (Å²) in [6, 6.07) is 13.8. The van der Waals surface area contributed by atoms with Gasteiger partial charge < -0.3 is 40.0 Å². The number of rotatable bonds is 19. The summed E-state index contributed by atoms with van der Waals surface area (Å²) in [5.41, 5.74) is 9.98. The second kappa shape index (κ2) is 19.0. The van der Waals surface area contributed by atoms with E-state index in [-0.39, 0.29) is 23.7 Å². The van der Waals surface area contributed by atoms with Crippen LogP contribution in [0.5, 0.6) is 11.5 Å². The number of nitrogens with one attached hydrogen (secondary N) is 1. The van der Waals surface area contributed by atoms with E-state index < -0.39 is 12.1 Å². The monoisotopic (exact) mass is 627 g/mol. The second-order valence-electron chi connectivity index (χ2n) is 12.9. The Morgan fingerprint density at radius 1 is 1.00 bits per heavy atom. The van der Waals surface area contributed by atoms with Crippen LogP contribution in [0.1, 0.15) is 58.1 Å². The van der Waals surface area contributed by atoms with Gasteiger partial charge in [0.2, 0.25) is 5.91 Å². The SMILES string of the molecule is COCCCOc1cc(C[C@@H](C[C@H](N)[C@@H](O)C[C@H](C(=O)NCc2ccccc2N2CCOCC2)C(C)C)C(C)C)ccc1OC. The zero-order chi connectivity index (χ0) is 32.8. The van der Waals surface area contributed by atoms with Crippen LogP contribution < -0.4 is 25.4 Å². The third-order valence-electron chi connectivity index (χ3n) is 8.92. The zero-order valence-electron chi connectivity index (χ0n) is 28.3. The lowest BCUT2D eigenvalue weighted by Gasteiger charge is -2.31. The van der Waals surface area contributed by atoms with E-state index in [9.17, 15) is 9.90 Å². The topological polar surface area (TPSA) is 116 Å².